The van der Waals surface area contributed by atoms with Gasteiger partial charge in [0.05, 0.1) is 0 Å². The summed E-state index contributed by atoms with van der Waals surface area (Å²) in [5, 5.41) is 18.5. The highest BCUT2D eigenvalue weighted by atomic mass is 32.2. The van der Waals surface area contributed by atoms with E-state index in [2.05, 4.69) is 15.5 Å². The molecule has 0 spiro atoms. The zero-order chi connectivity index (χ0) is 30.0. The molecular formula is C24H25N8O7S3+. The summed E-state index contributed by atoms with van der Waals surface area (Å²) < 4.78 is 8.61. The van der Waals surface area contributed by atoms with Gasteiger partial charge in [0.25, 0.3) is 17.5 Å². The molecule has 1 fully saturated rings. The van der Waals surface area contributed by atoms with Crippen LogP contribution >= 0.6 is 34.9 Å². The Labute approximate surface area is 250 Å². The lowest BCUT2D eigenvalue weighted by Gasteiger charge is -2.49. The molecule has 3 amide bonds. The van der Waals surface area contributed by atoms with Crippen LogP contribution in [0.1, 0.15) is 5.69 Å². The van der Waals surface area contributed by atoms with E-state index in [9.17, 15) is 24.3 Å². The lowest BCUT2D eigenvalue weighted by atomic mass is 10.0. The van der Waals surface area contributed by atoms with Gasteiger partial charge < -0.3 is 31.5 Å². The van der Waals surface area contributed by atoms with Crippen molar-refractivity contribution < 1.29 is 38.4 Å². The average Bonchev–Trinajstić information content (AvgIpc) is 3.58. The van der Waals surface area contributed by atoms with Crippen LogP contribution in [0.5, 0.6) is 0 Å². The summed E-state index contributed by atoms with van der Waals surface area (Å²) >= 11 is 3.95. The number of hydrogen-bond acceptors (Lipinski definition) is 12. The van der Waals surface area contributed by atoms with Crippen LogP contribution < -0.4 is 21.4 Å². The number of oxime groups is 1. The van der Waals surface area contributed by atoms with Crippen molar-refractivity contribution in [1.29, 1.82) is 0 Å². The Morgan fingerprint density at radius 2 is 2.17 bits per heavy atom. The van der Waals surface area contributed by atoms with Gasteiger partial charge in [-0.05, 0) is 12.1 Å². The van der Waals surface area contributed by atoms with Crippen LogP contribution in [0.2, 0.25) is 0 Å². The molecule has 0 aromatic carbocycles. The van der Waals surface area contributed by atoms with Crippen LogP contribution in [-0.4, -0.2) is 85.6 Å². The molecule has 5 heterocycles. The number of anilines is 1. The minimum atomic E-state index is -1.23. The summed E-state index contributed by atoms with van der Waals surface area (Å²) in [4.78, 5) is 59.4. The van der Waals surface area contributed by atoms with Crippen molar-refractivity contribution in [2.75, 3.05) is 31.0 Å². The van der Waals surface area contributed by atoms with Crippen molar-refractivity contribution in [3.05, 3.63) is 52.9 Å². The van der Waals surface area contributed by atoms with E-state index in [-0.39, 0.29) is 35.4 Å². The molecule has 3 aromatic heterocycles. The highest BCUT2D eigenvalue weighted by Gasteiger charge is 2.54. The Hall–Kier alpha value is -4.29. The number of carbonyl (C=O) groups excluding carboxylic acids is 3. The first-order chi connectivity index (χ1) is 20.2. The van der Waals surface area contributed by atoms with Crippen LogP contribution in [0.25, 0.3) is 5.65 Å². The second kappa shape index (κ2) is 12.3. The third kappa shape index (κ3) is 5.72. The van der Waals surface area contributed by atoms with Gasteiger partial charge in [0, 0.05) is 28.5 Å². The number of fused-ring (bicyclic) bond motifs is 2. The molecule has 0 bridgehead atoms. The highest BCUT2D eigenvalue weighted by Crippen LogP contribution is 2.40. The number of imidazole rings is 1. The first-order valence-electron chi connectivity index (χ1n) is 12.3. The number of β-lactam (4-membered cyclic amide) rings is 1. The van der Waals surface area contributed by atoms with Crippen molar-refractivity contribution >= 4 is 75.2 Å². The molecule has 0 unspecified atom stereocenters. The number of nitrogens with one attached hydrogen (secondary N) is 1. The number of carbonyl (C=O) groups is 4. The fraction of sp³-hybridized carbons (Fsp3) is 0.292. The van der Waals surface area contributed by atoms with Gasteiger partial charge in [0.2, 0.25) is 0 Å². The number of rotatable bonds is 11. The van der Waals surface area contributed by atoms with Crippen LogP contribution in [0, 0.1) is 0 Å². The van der Waals surface area contributed by atoms with Gasteiger partial charge in [-0.1, -0.05) is 16.9 Å². The second-order valence-corrected chi connectivity index (χ2v) is 12.0. The van der Waals surface area contributed by atoms with Crippen molar-refractivity contribution in [1.82, 2.24) is 19.6 Å². The molecule has 18 heteroatoms. The number of thiazole rings is 1. The maximum atomic E-state index is 13.2. The number of primary amides is 1. The maximum Gasteiger partial charge on any atom is 0.404 e. The fourth-order valence-corrected chi connectivity index (χ4v) is 7.28. The van der Waals surface area contributed by atoms with Gasteiger partial charge in [-0.3, -0.25) is 14.5 Å². The molecule has 2 aliphatic rings. The van der Waals surface area contributed by atoms with Crippen LogP contribution in [0.4, 0.5) is 9.93 Å². The Morgan fingerprint density at radius 3 is 2.86 bits per heavy atom. The predicted octanol–water partition coefficient (Wildman–Crippen LogP) is 0.242. The number of nitrogen functional groups attached to an aromatic ring is 1. The summed E-state index contributed by atoms with van der Waals surface area (Å²) in [6.07, 6.45) is 2.84. The number of thioether (sulfide) groups is 2. The van der Waals surface area contributed by atoms with Crippen molar-refractivity contribution in [3.63, 3.8) is 0 Å². The summed E-state index contributed by atoms with van der Waals surface area (Å²) in [6.45, 7) is 0.393. The largest absolute Gasteiger partial charge is 0.477 e. The van der Waals surface area contributed by atoms with Gasteiger partial charge in [0.1, 0.15) is 55.5 Å². The summed E-state index contributed by atoms with van der Waals surface area (Å²) in [5.41, 5.74) is 12.0. The third-order valence-corrected chi connectivity index (χ3v) is 9.31. The van der Waals surface area contributed by atoms with Gasteiger partial charge in [-0.25, -0.2) is 19.1 Å². The van der Waals surface area contributed by atoms with Crippen molar-refractivity contribution in [3.8, 4) is 0 Å². The Bertz CT molecular complexity index is 1630. The van der Waals surface area contributed by atoms with Crippen LogP contribution in [-0.2, 0) is 30.5 Å². The summed E-state index contributed by atoms with van der Waals surface area (Å²) in [5.74, 6) is -1.65. The zero-order valence-electron chi connectivity index (χ0n) is 22.0. The minimum absolute atomic E-state index is 0.103. The molecule has 1 saturated heterocycles. The molecule has 6 N–H and O–H groups in total. The predicted molar refractivity (Wildman–Crippen MR) is 154 cm³/mol. The van der Waals surface area contributed by atoms with Crippen LogP contribution in [0.3, 0.4) is 0 Å². The smallest absolute Gasteiger partial charge is 0.404 e. The van der Waals surface area contributed by atoms with Gasteiger partial charge in [0.15, 0.2) is 15.9 Å². The molecule has 5 rings (SSSR count). The Morgan fingerprint density at radius 1 is 1.36 bits per heavy atom. The number of ether oxygens (including phenoxy) is 1. The third-order valence-electron chi connectivity index (χ3n) is 6.30. The molecule has 0 saturated carbocycles. The summed E-state index contributed by atoms with van der Waals surface area (Å²) in [6, 6.07) is 4.71. The van der Waals surface area contributed by atoms with E-state index in [1.165, 1.54) is 40.9 Å². The van der Waals surface area contributed by atoms with Gasteiger partial charge in [-0.15, -0.1) is 23.1 Å². The Balaban J connectivity index is 1.32. The highest BCUT2D eigenvalue weighted by molar-refractivity contribution is 8.00. The van der Waals surface area contributed by atoms with Crippen LogP contribution in [0.15, 0.2) is 57.4 Å². The molecule has 0 aliphatic carbocycles. The minimum Gasteiger partial charge on any atom is -0.477 e. The lowest BCUT2D eigenvalue weighted by Crippen LogP contribution is -2.71. The standard InChI is InChI=1S/C24H24N8O7S3/c1-38-29-16(13-11-42-23(25)27-13)19(33)28-17-20(34)32-18(22(35)36)12(10-41-21(17)32)9-30-5-6-31-14(30)3-2-4-15(31)40-8-7-39-24(26)37/h2-6,11,17,21H,7-10H2,1H3,(H5-,25,26,27,28,33,35,36,37)/p+1/b29-16-/t17-,21+/m1/s1. The normalized spacial score (nSPS) is 18.5. The molecule has 42 heavy (non-hydrogen) atoms. The number of carboxylic acids is 1. The molecule has 2 aliphatic heterocycles. The van der Waals surface area contributed by atoms with Crippen molar-refractivity contribution in [2.45, 2.75) is 23.0 Å². The van der Waals surface area contributed by atoms with E-state index in [4.69, 9.17) is 21.0 Å². The monoisotopic (exact) mass is 633 g/mol. The van der Waals surface area contributed by atoms with E-state index in [0.717, 1.165) is 22.0 Å². The molecule has 0 radical (unpaired) electrons. The molecule has 3 aromatic rings. The molecule has 2 atom stereocenters. The van der Waals surface area contributed by atoms with E-state index in [1.54, 1.807) is 0 Å². The first kappa shape index (κ1) is 29.2. The number of aliphatic carboxylic acids is 1. The average molecular weight is 634 g/mol. The molecule has 220 valence electrons. The number of carboxylic acid groups (broad SMARTS) is 1. The topological polar surface area (TPSA) is 208 Å². The summed E-state index contributed by atoms with van der Waals surface area (Å²) in [7, 11) is 1.27. The van der Waals surface area contributed by atoms with E-state index >= 15 is 0 Å². The molecular weight excluding hydrogens is 609 g/mol. The Kier molecular flexibility index (Phi) is 8.55. The molecule has 15 nitrogen and oxygen atoms in total. The number of pyridine rings is 1. The maximum absolute atomic E-state index is 13.2. The number of amides is 3. The quantitative estimate of drug-likeness (QED) is 0.0562. The van der Waals surface area contributed by atoms with E-state index in [1.807, 2.05) is 39.6 Å². The van der Waals surface area contributed by atoms with Gasteiger partial charge >= 0.3 is 12.1 Å². The van der Waals surface area contributed by atoms with Gasteiger partial charge in [-0.2, -0.15) is 4.40 Å². The number of nitrogens with two attached hydrogens (primary N) is 2. The fourth-order valence-electron chi connectivity index (χ4n) is 4.55. The zero-order valence-corrected chi connectivity index (χ0v) is 24.4. The SMILES string of the molecule is CO/N=C(\C(=O)N[C@@H]1C(=O)N2C(C(=O)O)=C(C[n+]3ccn4c(SCCOC(N)=O)cccc43)CS[C@@H]12)c1csc(N)n1. The number of aromatic nitrogens is 3. The lowest BCUT2D eigenvalue weighted by molar-refractivity contribution is -0.662. The second-order valence-electron chi connectivity index (χ2n) is 8.85. The van der Waals surface area contributed by atoms with E-state index in [0.29, 0.717) is 17.1 Å². The number of hydrogen-bond donors (Lipinski definition) is 4. The first-order valence-corrected chi connectivity index (χ1v) is 15.2. The van der Waals surface area contributed by atoms with Crippen molar-refractivity contribution in [2.24, 2.45) is 10.9 Å². The number of nitrogens with zero attached hydrogens (tertiary/aromatic N) is 5. The van der Waals surface area contributed by atoms with E-state index < -0.39 is 35.3 Å².